The van der Waals surface area contributed by atoms with Gasteiger partial charge in [0, 0.05) is 40.0 Å². The van der Waals surface area contributed by atoms with E-state index in [9.17, 15) is 0 Å². The second kappa shape index (κ2) is 14.0. The Hall–Kier alpha value is -1.10. The van der Waals surface area contributed by atoms with E-state index in [-0.39, 0.29) is 0 Å². The molecule has 0 radical (unpaired) electrons. The number of para-hydroxylation sites is 1. The van der Waals surface area contributed by atoms with Gasteiger partial charge in [-0.15, -0.1) is 0 Å². The minimum absolute atomic E-state index is 0.774. The van der Waals surface area contributed by atoms with Gasteiger partial charge in [0.15, 0.2) is 0 Å². The van der Waals surface area contributed by atoms with Crippen molar-refractivity contribution in [2.45, 2.75) is 70.7 Å². The normalized spacial score (nSPS) is 12.9. The average molecular weight is 366 g/mol. The summed E-state index contributed by atoms with van der Waals surface area (Å²) in [7, 11) is 4.90. The molecule has 1 N–H and O–H groups in total. The first-order valence-corrected chi connectivity index (χ1v) is 10.1. The van der Waals surface area contributed by atoms with Crippen LogP contribution in [0.15, 0.2) is 30.3 Å². The fourth-order valence-corrected chi connectivity index (χ4v) is 3.53. The third-order valence-corrected chi connectivity index (χ3v) is 5.12. The van der Waals surface area contributed by atoms with E-state index in [0.717, 1.165) is 25.3 Å². The molecule has 0 spiro atoms. The van der Waals surface area contributed by atoms with Crippen molar-refractivity contribution in [3.63, 3.8) is 0 Å². The summed E-state index contributed by atoms with van der Waals surface area (Å²) in [5, 5.41) is 3.51. The zero-order valence-corrected chi connectivity index (χ0v) is 17.3. The van der Waals surface area contributed by atoms with Crippen LogP contribution >= 0.6 is 0 Å². The maximum atomic E-state index is 5.35. The molecule has 1 rings (SSSR count). The number of unbranched alkanes of at least 4 members (excludes halogenated alkanes) is 2. The molecule has 0 aromatic heterocycles. The Morgan fingerprint density at radius 2 is 1.50 bits per heavy atom. The molecule has 4 nitrogen and oxygen atoms in total. The molecule has 0 aliphatic rings. The zero-order chi connectivity index (χ0) is 19.1. The Bertz CT molecular complexity index is 426. The number of hydrogen-bond donors (Lipinski definition) is 1. The molecule has 4 heteroatoms. The molecule has 0 bridgehead atoms. The Balaban J connectivity index is 2.18. The topological polar surface area (TPSA) is 39.7 Å². The number of ether oxygens (including phenoxy) is 3. The lowest BCUT2D eigenvalue weighted by Gasteiger charge is -2.28. The lowest BCUT2D eigenvalue weighted by molar-refractivity contribution is -0.355. The molecule has 0 aliphatic heterocycles. The first-order chi connectivity index (χ1) is 12.7. The quantitative estimate of drug-likeness (QED) is 0.295. The molecule has 0 amide bonds. The summed E-state index contributed by atoms with van der Waals surface area (Å²) in [6.07, 6.45) is 10.8. The van der Waals surface area contributed by atoms with E-state index in [2.05, 4.69) is 42.6 Å². The van der Waals surface area contributed by atoms with Crippen molar-refractivity contribution in [3.8, 4) is 0 Å². The summed E-state index contributed by atoms with van der Waals surface area (Å²) < 4.78 is 16.1. The molecule has 0 fully saturated rings. The lowest BCUT2D eigenvalue weighted by Crippen LogP contribution is -2.35. The zero-order valence-electron chi connectivity index (χ0n) is 17.3. The van der Waals surface area contributed by atoms with Gasteiger partial charge in [0.1, 0.15) is 0 Å². The summed E-state index contributed by atoms with van der Waals surface area (Å²) >= 11 is 0. The van der Waals surface area contributed by atoms with Crippen molar-refractivity contribution in [2.75, 3.05) is 33.2 Å². The molecule has 0 saturated heterocycles. The van der Waals surface area contributed by atoms with Gasteiger partial charge >= 0.3 is 0 Å². The number of methoxy groups -OCH3 is 3. The first-order valence-electron chi connectivity index (χ1n) is 10.1. The number of benzene rings is 1. The molecule has 0 saturated carbocycles. The molecule has 0 heterocycles. The minimum Gasteiger partial charge on any atom is -0.385 e. The van der Waals surface area contributed by atoms with Crippen LogP contribution < -0.4 is 5.32 Å². The predicted octanol–water partition coefficient (Wildman–Crippen LogP) is 5.84. The monoisotopic (exact) mass is 365 g/mol. The van der Waals surface area contributed by atoms with Crippen molar-refractivity contribution in [1.82, 2.24) is 0 Å². The van der Waals surface area contributed by atoms with E-state index in [1.54, 1.807) is 21.3 Å². The fraction of sp³-hybridized carbons (Fsp3) is 0.727. The van der Waals surface area contributed by atoms with Crippen LogP contribution in [0.1, 0.15) is 64.7 Å². The third-order valence-electron chi connectivity index (χ3n) is 5.12. The lowest BCUT2D eigenvalue weighted by atomic mass is 9.92. The van der Waals surface area contributed by atoms with Gasteiger partial charge in [0.05, 0.1) is 0 Å². The van der Waals surface area contributed by atoms with Crippen molar-refractivity contribution >= 4 is 5.69 Å². The van der Waals surface area contributed by atoms with Crippen molar-refractivity contribution < 1.29 is 14.2 Å². The smallest absolute Gasteiger partial charge is 0.282 e. The van der Waals surface area contributed by atoms with Crippen LogP contribution in [-0.2, 0) is 14.2 Å². The predicted molar refractivity (Wildman–Crippen MR) is 109 cm³/mol. The molecular formula is C22H39NO3. The first kappa shape index (κ1) is 22.9. The van der Waals surface area contributed by atoms with E-state index in [0.29, 0.717) is 0 Å². The average Bonchev–Trinajstić information content (AvgIpc) is 2.69. The molecule has 1 aromatic rings. The van der Waals surface area contributed by atoms with E-state index in [1.807, 2.05) is 0 Å². The maximum absolute atomic E-state index is 5.35. The third kappa shape index (κ3) is 9.02. The number of hydrogen-bond acceptors (Lipinski definition) is 4. The highest BCUT2D eigenvalue weighted by Gasteiger charge is 2.28. The Kier molecular flexibility index (Phi) is 12.4. The largest absolute Gasteiger partial charge is 0.385 e. The van der Waals surface area contributed by atoms with Crippen LogP contribution in [0.4, 0.5) is 5.69 Å². The van der Waals surface area contributed by atoms with Gasteiger partial charge in [-0.1, -0.05) is 57.2 Å². The number of anilines is 1. The number of nitrogens with one attached hydrogen (secondary N) is 1. The van der Waals surface area contributed by atoms with Gasteiger partial charge in [0.2, 0.25) is 0 Å². The van der Waals surface area contributed by atoms with Crippen LogP contribution in [0.2, 0.25) is 0 Å². The summed E-state index contributed by atoms with van der Waals surface area (Å²) in [5.41, 5.74) is 1.22. The van der Waals surface area contributed by atoms with Gasteiger partial charge < -0.3 is 19.5 Å². The standard InChI is InChI=1S/C22H39NO3/c1-5-13-20(15-12-19-23-21-16-9-6-10-17-21)14-8-7-11-18-22(24-2,25-3)26-4/h6,9-10,16-17,20,23H,5,7-8,11-15,18-19H2,1-4H3. The highest BCUT2D eigenvalue weighted by Crippen LogP contribution is 2.24. The van der Waals surface area contributed by atoms with Crippen molar-refractivity contribution in [3.05, 3.63) is 30.3 Å². The Labute approximate surface area is 160 Å². The second-order valence-corrected chi connectivity index (χ2v) is 6.98. The Morgan fingerprint density at radius 3 is 2.12 bits per heavy atom. The van der Waals surface area contributed by atoms with Crippen LogP contribution in [0, 0.1) is 5.92 Å². The highest BCUT2D eigenvalue weighted by atomic mass is 16.9. The summed E-state index contributed by atoms with van der Waals surface area (Å²) in [5.74, 6) is -0.0269. The van der Waals surface area contributed by atoms with E-state index >= 15 is 0 Å². The molecular weight excluding hydrogens is 326 g/mol. The maximum Gasteiger partial charge on any atom is 0.282 e. The molecule has 1 unspecified atom stereocenters. The molecule has 0 aliphatic carbocycles. The molecule has 150 valence electrons. The second-order valence-electron chi connectivity index (χ2n) is 6.98. The van der Waals surface area contributed by atoms with Crippen LogP contribution in [0.25, 0.3) is 0 Å². The van der Waals surface area contributed by atoms with Gasteiger partial charge in [-0.25, -0.2) is 0 Å². The summed E-state index contributed by atoms with van der Waals surface area (Å²) in [4.78, 5) is 0. The molecule has 26 heavy (non-hydrogen) atoms. The molecule has 1 atom stereocenters. The van der Waals surface area contributed by atoms with Crippen LogP contribution in [0.3, 0.4) is 0 Å². The van der Waals surface area contributed by atoms with E-state index in [1.165, 1.54) is 50.6 Å². The van der Waals surface area contributed by atoms with E-state index in [4.69, 9.17) is 14.2 Å². The van der Waals surface area contributed by atoms with E-state index < -0.39 is 5.97 Å². The number of rotatable bonds is 16. The summed E-state index contributed by atoms with van der Waals surface area (Å²) in [6, 6.07) is 10.5. The van der Waals surface area contributed by atoms with Crippen molar-refractivity contribution in [2.24, 2.45) is 5.92 Å². The SMILES string of the molecule is CCCC(CCCCCC(OC)(OC)OC)CCCNc1ccccc1. The highest BCUT2D eigenvalue weighted by molar-refractivity contribution is 5.42. The Morgan fingerprint density at radius 1 is 0.846 bits per heavy atom. The molecule has 1 aromatic carbocycles. The fourth-order valence-electron chi connectivity index (χ4n) is 3.53. The summed E-state index contributed by atoms with van der Waals surface area (Å²) in [6.45, 7) is 3.35. The van der Waals surface area contributed by atoms with Gasteiger partial charge in [0.25, 0.3) is 5.97 Å². The minimum atomic E-state index is -0.869. The van der Waals surface area contributed by atoms with Crippen LogP contribution in [-0.4, -0.2) is 33.8 Å². The van der Waals surface area contributed by atoms with Crippen molar-refractivity contribution in [1.29, 1.82) is 0 Å². The van der Waals surface area contributed by atoms with Gasteiger partial charge in [-0.2, -0.15) is 0 Å². The van der Waals surface area contributed by atoms with Gasteiger partial charge in [-0.05, 0) is 37.3 Å². The van der Waals surface area contributed by atoms with Gasteiger partial charge in [-0.3, -0.25) is 0 Å². The van der Waals surface area contributed by atoms with Crippen LogP contribution in [0.5, 0.6) is 0 Å².